The molecule has 4 N–H and O–H groups in total. The number of anilines is 2. The molecule has 52 heavy (non-hydrogen) atoms. The Bertz CT molecular complexity index is 2090. The largest absolute Gasteiger partial charge is 0.481 e. The van der Waals surface area contributed by atoms with E-state index in [9.17, 15) is 19.2 Å². The molecule has 1 amide bonds. The van der Waals surface area contributed by atoms with E-state index < -0.39 is 23.8 Å². The van der Waals surface area contributed by atoms with E-state index in [1.807, 2.05) is 18.2 Å². The summed E-state index contributed by atoms with van der Waals surface area (Å²) in [6, 6.07) is 17.4. The first kappa shape index (κ1) is 35.7. The van der Waals surface area contributed by atoms with Gasteiger partial charge in [-0.05, 0) is 48.5 Å². The number of nitrogens with zero attached hydrogens (tertiary/aromatic N) is 12. The van der Waals surface area contributed by atoms with E-state index in [2.05, 4.69) is 70.8 Å². The molecule has 1 aliphatic heterocycles. The molecule has 7 heterocycles. The summed E-state index contributed by atoms with van der Waals surface area (Å²) < 4.78 is 4.08. The maximum Gasteiger partial charge on any atom is 0.314 e. The van der Waals surface area contributed by atoms with Gasteiger partial charge in [0.1, 0.15) is 22.8 Å². The number of rotatable bonds is 8. The van der Waals surface area contributed by atoms with Gasteiger partial charge in [-0.1, -0.05) is 12.1 Å². The summed E-state index contributed by atoms with van der Waals surface area (Å²) in [5.74, 6) is -0.972. The smallest absolute Gasteiger partial charge is 0.314 e. The van der Waals surface area contributed by atoms with Gasteiger partial charge in [-0.15, -0.1) is 40.8 Å². The second-order valence-corrected chi connectivity index (χ2v) is 10.2. The molecule has 0 atom stereocenters. The number of cyclic esters (lactones) is 2. The monoisotopic (exact) mass is 702 g/mol. The molecule has 0 aromatic carbocycles. The highest BCUT2D eigenvalue weighted by Gasteiger charge is 2.19. The van der Waals surface area contributed by atoms with Crippen LogP contribution in [-0.2, 0) is 23.9 Å². The number of carbonyl (C=O) groups excluding carboxylic acids is 3. The Hall–Kier alpha value is -7.64. The average Bonchev–Trinajstić information content (AvgIpc) is 3.57. The number of aliphatic carboxylic acids is 1. The van der Waals surface area contributed by atoms with E-state index in [0.717, 1.165) is 0 Å². The van der Waals surface area contributed by atoms with Crippen LogP contribution in [0.25, 0.3) is 46.1 Å². The summed E-state index contributed by atoms with van der Waals surface area (Å²) >= 11 is 0. The lowest BCUT2D eigenvalue weighted by Crippen LogP contribution is -2.13. The Morgan fingerprint density at radius 1 is 0.615 bits per heavy atom. The van der Waals surface area contributed by atoms with Crippen molar-refractivity contribution >= 4 is 35.2 Å². The van der Waals surface area contributed by atoms with E-state index in [1.54, 1.807) is 54.9 Å². The first-order chi connectivity index (χ1) is 25.2. The van der Waals surface area contributed by atoms with E-state index in [1.165, 1.54) is 12.4 Å². The van der Waals surface area contributed by atoms with Crippen LogP contribution in [0.4, 0.5) is 11.4 Å². The Labute approximate surface area is 293 Å². The third-order valence-corrected chi connectivity index (χ3v) is 6.36. The van der Waals surface area contributed by atoms with Crippen molar-refractivity contribution in [2.24, 2.45) is 0 Å². The number of hydrogen-bond donors (Lipinski definition) is 3. The van der Waals surface area contributed by atoms with Gasteiger partial charge in [0.2, 0.25) is 29.2 Å². The van der Waals surface area contributed by atoms with Gasteiger partial charge < -0.3 is 20.9 Å². The Balaban J connectivity index is 0.000000174. The average molecular weight is 703 g/mol. The Morgan fingerprint density at radius 3 is 1.42 bits per heavy atom. The van der Waals surface area contributed by atoms with Crippen molar-refractivity contribution in [1.82, 2.24) is 60.7 Å². The number of carboxylic acids is 1. The normalized spacial score (nSPS) is 11.6. The van der Waals surface area contributed by atoms with Crippen molar-refractivity contribution in [3.63, 3.8) is 0 Å². The first-order valence-electron chi connectivity index (χ1n) is 15.1. The van der Waals surface area contributed by atoms with Crippen LogP contribution in [0, 0.1) is 0 Å². The van der Waals surface area contributed by atoms with Crippen molar-refractivity contribution in [2.45, 2.75) is 25.7 Å². The second-order valence-electron chi connectivity index (χ2n) is 10.2. The van der Waals surface area contributed by atoms with Crippen LogP contribution in [0.2, 0.25) is 0 Å². The maximum absolute atomic E-state index is 11.6. The van der Waals surface area contributed by atoms with Crippen LogP contribution in [0.15, 0.2) is 85.5 Å². The lowest BCUT2D eigenvalue weighted by molar-refractivity contribution is -0.152. The predicted molar refractivity (Wildman–Crippen MR) is 178 cm³/mol. The second kappa shape index (κ2) is 17.7. The quantitative estimate of drug-likeness (QED) is 0.151. The van der Waals surface area contributed by atoms with E-state index in [0.29, 0.717) is 51.6 Å². The molecule has 0 aliphatic carbocycles. The van der Waals surface area contributed by atoms with Crippen molar-refractivity contribution in [1.29, 1.82) is 0 Å². The summed E-state index contributed by atoms with van der Waals surface area (Å²) in [4.78, 5) is 58.6. The molecule has 0 saturated carbocycles. The zero-order chi connectivity index (χ0) is 36.7. The molecule has 20 nitrogen and oxygen atoms in total. The number of carbonyl (C=O) groups is 4. The number of nitrogens with two attached hydrogens (primary N) is 1. The third kappa shape index (κ3) is 10.7. The highest BCUT2D eigenvalue weighted by molar-refractivity contribution is 5.93. The van der Waals surface area contributed by atoms with Gasteiger partial charge in [0.25, 0.3) is 0 Å². The molecule has 1 saturated heterocycles. The number of pyridine rings is 4. The number of nitrogens with one attached hydrogen (secondary N) is 1. The molecule has 0 spiro atoms. The fourth-order valence-corrected chi connectivity index (χ4v) is 3.87. The van der Waals surface area contributed by atoms with Gasteiger partial charge in [0.15, 0.2) is 0 Å². The van der Waals surface area contributed by atoms with Crippen molar-refractivity contribution < 1.29 is 29.0 Å². The van der Waals surface area contributed by atoms with Crippen LogP contribution >= 0.6 is 0 Å². The van der Waals surface area contributed by atoms with Crippen molar-refractivity contribution in [3.8, 4) is 46.1 Å². The number of aromatic nitrogens is 12. The predicted octanol–water partition coefficient (Wildman–Crippen LogP) is 2.02. The Kier molecular flexibility index (Phi) is 12.1. The lowest BCUT2D eigenvalue weighted by Gasteiger charge is -2.04. The molecule has 260 valence electrons. The molecular formula is C32H26N14O6. The Morgan fingerprint density at radius 2 is 1.08 bits per heavy atom. The lowest BCUT2D eigenvalue weighted by atomic mass is 10.3. The van der Waals surface area contributed by atoms with Gasteiger partial charge in [-0.25, -0.2) is 0 Å². The molecule has 0 radical (unpaired) electrons. The standard InChI is InChI=1S/C16H13N7O3.C12H9N7.C4H4O3/c24-13(6-7-14(25)26)19-10-4-5-12(18-9-10)16-22-20-15(21-23-16)11-3-1-2-8-17-11;13-8-4-5-10(15-7-8)12-18-16-11(17-19-12)9-3-1-2-6-14-9;5-3-1-2-4(6)7-3/h1-5,8-9H,6-7H2,(H,19,24)(H,25,26);1-7H,13H2;1-2H2. The fourth-order valence-electron chi connectivity index (χ4n) is 3.87. The molecule has 6 aromatic rings. The van der Waals surface area contributed by atoms with Gasteiger partial charge in [0.05, 0.1) is 43.0 Å². The molecule has 1 fully saturated rings. The van der Waals surface area contributed by atoms with Crippen LogP contribution in [0.1, 0.15) is 25.7 Å². The van der Waals surface area contributed by atoms with Crippen molar-refractivity contribution in [2.75, 3.05) is 11.1 Å². The van der Waals surface area contributed by atoms with Crippen LogP contribution in [0.3, 0.4) is 0 Å². The van der Waals surface area contributed by atoms with Gasteiger partial charge in [-0.2, -0.15) is 0 Å². The molecule has 6 aromatic heterocycles. The van der Waals surface area contributed by atoms with Gasteiger partial charge in [-0.3, -0.25) is 39.1 Å². The number of carboxylic acid groups (broad SMARTS) is 1. The minimum Gasteiger partial charge on any atom is -0.481 e. The molecule has 7 rings (SSSR count). The van der Waals surface area contributed by atoms with Crippen LogP contribution < -0.4 is 11.1 Å². The molecule has 1 aliphatic rings. The van der Waals surface area contributed by atoms with E-state index in [4.69, 9.17) is 10.8 Å². The van der Waals surface area contributed by atoms with E-state index >= 15 is 0 Å². The number of ether oxygens (including phenoxy) is 1. The number of hydrogen-bond acceptors (Lipinski definition) is 18. The molecular weight excluding hydrogens is 676 g/mol. The topological polar surface area (TPSA) is 290 Å². The molecule has 20 heteroatoms. The molecule has 0 bridgehead atoms. The summed E-state index contributed by atoms with van der Waals surface area (Å²) in [6.45, 7) is 0. The van der Waals surface area contributed by atoms with Crippen LogP contribution in [-0.4, -0.2) is 89.6 Å². The summed E-state index contributed by atoms with van der Waals surface area (Å²) in [7, 11) is 0. The SMILES string of the molecule is Nc1ccc(-c2nnc(-c3ccccn3)nn2)nc1.O=C(O)CCC(=O)Nc1ccc(-c2nnc(-c3ccccn3)nn2)nc1.O=C1CCC(=O)O1. The zero-order valence-corrected chi connectivity index (χ0v) is 26.8. The van der Waals surface area contributed by atoms with Crippen LogP contribution in [0.5, 0.6) is 0 Å². The third-order valence-electron chi connectivity index (χ3n) is 6.36. The minimum atomic E-state index is -1.03. The van der Waals surface area contributed by atoms with E-state index in [-0.39, 0.29) is 31.5 Å². The first-order valence-corrected chi connectivity index (χ1v) is 15.1. The highest BCUT2D eigenvalue weighted by atomic mass is 16.6. The van der Waals surface area contributed by atoms with Crippen molar-refractivity contribution in [3.05, 3.63) is 85.5 Å². The summed E-state index contributed by atoms with van der Waals surface area (Å²) in [6.07, 6.45) is 6.42. The zero-order valence-electron chi connectivity index (χ0n) is 26.8. The minimum absolute atomic E-state index is 0.108. The number of amides is 1. The van der Waals surface area contributed by atoms with Gasteiger partial charge in [0, 0.05) is 18.8 Å². The maximum atomic E-state index is 11.6. The highest BCUT2D eigenvalue weighted by Crippen LogP contribution is 2.16. The summed E-state index contributed by atoms with van der Waals surface area (Å²) in [5, 5.41) is 43.0. The number of nitrogen functional groups attached to an aromatic ring is 1. The summed E-state index contributed by atoms with van der Waals surface area (Å²) in [5.41, 5.74) is 8.77. The fraction of sp³-hybridized carbons (Fsp3) is 0.125. The number of esters is 2. The van der Waals surface area contributed by atoms with Gasteiger partial charge >= 0.3 is 17.9 Å². The molecule has 0 unspecified atom stereocenters.